The smallest absolute Gasteiger partial charge is 0.385 e. The highest BCUT2D eigenvalue weighted by atomic mass is 19.4. The van der Waals surface area contributed by atoms with Gasteiger partial charge in [0, 0.05) is 6.04 Å². The third kappa shape index (κ3) is 2.40. The summed E-state index contributed by atoms with van der Waals surface area (Å²) >= 11 is 0. The first-order chi connectivity index (χ1) is 7.83. The summed E-state index contributed by atoms with van der Waals surface area (Å²) in [5.41, 5.74) is -1.19. The first-order valence-corrected chi connectivity index (χ1v) is 5.65. The van der Waals surface area contributed by atoms with E-state index in [1.807, 2.05) is 0 Å². The highest BCUT2D eigenvalue weighted by Crippen LogP contribution is 2.32. The second kappa shape index (κ2) is 4.13. The van der Waals surface area contributed by atoms with Gasteiger partial charge in [0.1, 0.15) is 5.60 Å². The summed E-state index contributed by atoms with van der Waals surface area (Å²) in [6.45, 7) is 0.298. The molecule has 1 atom stereocenters. The van der Waals surface area contributed by atoms with Gasteiger partial charge in [-0.15, -0.1) is 0 Å². The Balaban J connectivity index is 1.90. The van der Waals surface area contributed by atoms with Crippen LogP contribution < -0.4 is 5.32 Å². The topological polar surface area (TPSA) is 52.6 Å². The number of rotatable bonds is 1. The Labute approximate surface area is 96.8 Å². The van der Waals surface area contributed by atoms with Gasteiger partial charge in [-0.05, 0) is 19.4 Å². The lowest BCUT2D eigenvalue weighted by Crippen LogP contribution is -2.73. The van der Waals surface area contributed by atoms with Crippen molar-refractivity contribution in [2.75, 3.05) is 19.6 Å². The summed E-state index contributed by atoms with van der Waals surface area (Å²) in [7, 11) is 0. The van der Waals surface area contributed by atoms with Crippen molar-refractivity contribution in [1.29, 1.82) is 0 Å². The summed E-state index contributed by atoms with van der Waals surface area (Å²) in [5, 5.41) is 13.2. The van der Waals surface area contributed by atoms with Crippen LogP contribution in [0.1, 0.15) is 19.3 Å². The molecule has 2 fully saturated rings. The van der Waals surface area contributed by atoms with E-state index in [-0.39, 0.29) is 19.1 Å². The zero-order valence-corrected chi connectivity index (χ0v) is 9.26. The number of carbonyl (C=O) groups is 1. The van der Waals surface area contributed by atoms with E-state index < -0.39 is 17.7 Å². The second-order valence-corrected chi connectivity index (χ2v) is 4.77. The van der Waals surface area contributed by atoms with Gasteiger partial charge in [-0.3, -0.25) is 4.79 Å². The van der Waals surface area contributed by atoms with Crippen molar-refractivity contribution in [1.82, 2.24) is 10.2 Å². The first-order valence-electron chi connectivity index (χ1n) is 5.65. The first kappa shape index (κ1) is 12.6. The van der Waals surface area contributed by atoms with Crippen LogP contribution in [-0.2, 0) is 4.79 Å². The number of hydrogen-bond acceptors (Lipinski definition) is 3. The lowest BCUT2D eigenvalue weighted by molar-refractivity contribution is -0.206. The highest BCUT2D eigenvalue weighted by Gasteiger charge is 2.54. The summed E-state index contributed by atoms with van der Waals surface area (Å²) < 4.78 is 36.4. The van der Waals surface area contributed by atoms with E-state index in [9.17, 15) is 23.1 Å². The predicted octanol–water partition coefficient (Wildman–Crippen LogP) is 0.264. The zero-order chi connectivity index (χ0) is 12.7. The fourth-order valence-electron chi connectivity index (χ4n) is 2.47. The molecule has 17 heavy (non-hydrogen) atoms. The average molecular weight is 252 g/mol. The standard InChI is InChI=1S/C10H15F3N2O2/c11-10(12,13)8(16)15-5-9(17,6-15)7-3-1-2-4-14-7/h7,14,17H,1-6H2. The molecule has 0 aliphatic carbocycles. The fraction of sp³-hybridized carbons (Fsp3) is 0.900. The maximum absolute atomic E-state index is 12.1. The molecule has 2 saturated heterocycles. The minimum absolute atomic E-state index is 0.200. The third-order valence-electron chi connectivity index (χ3n) is 3.42. The van der Waals surface area contributed by atoms with Gasteiger partial charge in [-0.2, -0.15) is 13.2 Å². The van der Waals surface area contributed by atoms with E-state index in [1.54, 1.807) is 0 Å². The Bertz CT molecular complexity index is 307. The SMILES string of the molecule is O=C(N1CC(O)(C2CCCCN2)C1)C(F)(F)F. The lowest BCUT2D eigenvalue weighted by Gasteiger charge is -2.51. The van der Waals surface area contributed by atoms with E-state index >= 15 is 0 Å². The number of likely N-dealkylation sites (tertiary alicyclic amines) is 1. The van der Waals surface area contributed by atoms with E-state index in [0.29, 0.717) is 4.90 Å². The molecule has 7 heteroatoms. The van der Waals surface area contributed by atoms with Gasteiger partial charge < -0.3 is 15.3 Å². The van der Waals surface area contributed by atoms with Crippen LogP contribution in [0.15, 0.2) is 0 Å². The molecule has 2 aliphatic rings. The molecule has 2 heterocycles. The number of amides is 1. The minimum atomic E-state index is -4.85. The number of carbonyl (C=O) groups excluding carboxylic acids is 1. The molecule has 0 radical (unpaired) electrons. The Morgan fingerprint density at radius 2 is 2.00 bits per heavy atom. The summed E-state index contributed by atoms with van der Waals surface area (Å²) in [5.74, 6) is -1.86. The van der Waals surface area contributed by atoms with Crippen molar-refractivity contribution < 1.29 is 23.1 Å². The number of piperidine rings is 1. The molecule has 98 valence electrons. The van der Waals surface area contributed by atoms with Crippen LogP contribution in [0.25, 0.3) is 0 Å². The molecule has 0 aromatic carbocycles. The lowest BCUT2D eigenvalue weighted by atomic mass is 9.81. The maximum atomic E-state index is 12.1. The van der Waals surface area contributed by atoms with Gasteiger partial charge in [0.05, 0.1) is 13.1 Å². The fourth-order valence-corrected chi connectivity index (χ4v) is 2.47. The van der Waals surface area contributed by atoms with Crippen LogP contribution in [0.5, 0.6) is 0 Å². The molecule has 0 aromatic heterocycles. The minimum Gasteiger partial charge on any atom is -0.385 e. The van der Waals surface area contributed by atoms with Gasteiger partial charge in [0.2, 0.25) is 0 Å². The molecule has 1 amide bonds. The molecule has 0 bridgehead atoms. The molecule has 4 nitrogen and oxygen atoms in total. The van der Waals surface area contributed by atoms with E-state index in [1.165, 1.54) is 0 Å². The van der Waals surface area contributed by atoms with Crippen molar-refractivity contribution in [2.45, 2.75) is 37.1 Å². The monoisotopic (exact) mass is 252 g/mol. The quantitative estimate of drug-likeness (QED) is 0.704. The number of aliphatic hydroxyl groups is 1. The van der Waals surface area contributed by atoms with E-state index in [4.69, 9.17) is 0 Å². The number of β-amino-alcohol motifs (C(OH)–C–C–N with tert-alkyl or cyclic N) is 1. The van der Waals surface area contributed by atoms with Crippen LogP contribution in [0.3, 0.4) is 0 Å². The Morgan fingerprint density at radius 1 is 1.35 bits per heavy atom. The largest absolute Gasteiger partial charge is 0.471 e. The van der Waals surface area contributed by atoms with Gasteiger partial charge >= 0.3 is 12.1 Å². The van der Waals surface area contributed by atoms with E-state index in [2.05, 4.69) is 5.32 Å². The third-order valence-corrected chi connectivity index (χ3v) is 3.42. The normalized spacial score (nSPS) is 28.7. The molecule has 1 unspecified atom stereocenters. The van der Waals surface area contributed by atoms with Gasteiger partial charge in [-0.1, -0.05) is 6.42 Å². The second-order valence-electron chi connectivity index (χ2n) is 4.77. The van der Waals surface area contributed by atoms with Gasteiger partial charge in [0.15, 0.2) is 0 Å². The van der Waals surface area contributed by atoms with Gasteiger partial charge in [0.25, 0.3) is 0 Å². The van der Waals surface area contributed by atoms with Crippen LogP contribution >= 0.6 is 0 Å². The molecule has 0 aromatic rings. The maximum Gasteiger partial charge on any atom is 0.471 e. The molecular formula is C10H15F3N2O2. The van der Waals surface area contributed by atoms with Crippen LogP contribution in [0.2, 0.25) is 0 Å². The number of hydrogen-bond donors (Lipinski definition) is 2. The Hall–Kier alpha value is -0.820. The van der Waals surface area contributed by atoms with Crippen LogP contribution in [0.4, 0.5) is 13.2 Å². The van der Waals surface area contributed by atoms with Crippen molar-refractivity contribution in [3.05, 3.63) is 0 Å². The molecule has 2 aliphatic heterocycles. The average Bonchev–Trinajstić information content (AvgIpc) is 2.24. The summed E-state index contributed by atoms with van der Waals surface area (Å²) in [6, 6.07) is -0.200. The summed E-state index contributed by atoms with van der Waals surface area (Å²) in [4.78, 5) is 11.5. The molecule has 2 rings (SSSR count). The Kier molecular flexibility index (Phi) is 3.07. The van der Waals surface area contributed by atoms with Crippen molar-refractivity contribution in [3.8, 4) is 0 Å². The number of nitrogens with one attached hydrogen (secondary N) is 1. The zero-order valence-electron chi connectivity index (χ0n) is 9.26. The van der Waals surface area contributed by atoms with Gasteiger partial charge in [-0.25, -0.2) is 0 Å². The predicted molar refractivity (Wildman–Crippen MR) is 53.2 cm³/mol. The molecular weight excluding hydrogens is 237 g/mol. The van der Waals surface area contributed by atoms with Crippen molar-refractivity contribution in [3.63, 3.8) is 0 Å². The number of halogens is 3. The van der Waals surface area contributed by atoms with Crippen LogP contribution in [0, 0.1) is 0 Å². The Morgan fingerprint density at radius 3 is 2.47 bits per heavy atom. The van der Waals surface area contributed by atoms with Crippen molar-refractivity contribution in [2.24, 2.45) is 0 Å². The van der Waals surface area contributed by atoms with E-state index in [0.717, 1.165) is 25.8 Å². The summed E-state index contributed by atoms with van der Waals surface area (Å²) in [6.07, 6.45) is -2.14. The highest BCUT2D eigenvalue weighted by molar-refractivity contribution is 5.83. The van der Waals surface area contributed by atoms with Crippen molar-refractivity contribution >= 4 is 5.91 Å². The molecule has 0 spiro atoms. The molecule has 2 N–H and O–H groups in total. The molecule has 0 saturated carbocycles. The number of nitrogens with zero attached hydrogens (tertiary/aromatic N) is 1. The van der Waals surface area contributed by atoms with Crippen LogP contribution in [-0.4, -0.2) is 53.4 Å². The number of alkyl halides is 3.